The van der Waals surface area contributed by atoms with E-state index in [9.17, 15) is 9.90 Å². The third-order valence-electron chi connectivity index (χ3n) is 5.77. The number of aromatic nitrogens is 2. The van der Waals surface area contributed by atoms with E-state index in [0.29, 0.717) is 17.9 Å². The van der Waals surface area contributed by atoms with Crippen LogP contribution in [0.3, 0.4) is 0 Å². The molecule has 0 aliphatic heterocycles. The Labute approximate surface area is 190 Å². The predicted octanol–water partition coefficient (Wildman–Crippen LogP) is 4.65. The van der Waals surface area contributed by atoms with Gasteiger partial charge in [0.05, 0.1) is 18.2 Å². The van der Waals surface area contributed by atoms with Gasteiger partial charge in [-0.15, -0.1) is 0 Å². The molecule has 3 aromatic carbocycles. The first-order valence-electron chi connectivity index (χ1n) is 10.6. The van der Waals surface area contributed by atoms with Crippen molar-refractivity contribution in [1.82, 2.24) is 9.78 Å². The Hall–Kier alpha value is -4.10. The zero-order valence-electron chi connectivity index (χ0n) is 18.1. The van der Waals surface area contributed by atoms with Crippen LogP contribution in [0.1, 0.15) is 16.8 Å². The quantitative estimate of drug-likeness (QED) is 0.381. The highest BCUT2D eigenvalue weighted by molar-refractivity contribution is 6.11. The van der Waals surface area contributed by atoms with Crippen molar-refractivity contribution >= 4 is 27.8 Å². The number of nitrogens with two attached hydrogens (primary N) is 1. The minimum atomic E-state index is -0.902. The van der Waals surface area contributed by atoms with Gasteiger partial charge in [0.25, 0.3) is 0 Å². The van der Waals surface area contributed by atoms with Gasteiger partial charge in [0.2, 0.25) is 0 Å². The molecule has 0 saturated carbocycles. The first-order valence-corrected chi connectivity index (χ1v) is 10.6. The van der Waals surface area contributed by atoms with Crippen molar-refractivity contribution in [3.63, 3.8) is 0 Å². The minimum absolute atomic E-state index is 0.101. The maximum absolute atomic E-state index is 11.2. The second-order valence-electron chi connectivity index (χ2n) is 7.93. The van der Waals surface area contributed by atoms with E-state index in [2.05, 4.69) is 12.1 Å². The second kappa shape index (κ2) is 8.44. The molecule has 0 bridgehead atoms. The van der Waals surface area contributed by atoms with Gasteiger partial charge in [0.1, 0.15) is 23.6 Å². The Kier molecular flexibility index (Phi) is 5.32. The van der Waals surface area contributed by atoms with Crippen LogP contribution >= 0.6 is 0 Å². The monoisotopic (exact) mass is 441 g/mol. The van der Waals surface area contributed by atoms with Crippen molar-refractivity contribution in [2.24, 2.45) is 12.8 Å². The number of para-hydroxylation sites is 1. The van der Waals surface area contributed by atoms with Gasteiger partial charge in [0, 0.05) is 35.5 Å². The van der Waals surface area contributed by atoms with E-state index in [1.807, 2.05) is 42.1 Å². The summed E-state index contributed by atoms with van der Waals surface area (Å²) >= 11 is 0. The number of hydrogen-bond acceptors (Lipinski definition) is 5. The molecule has 33 heavy (non-hydrogen) atoms. The number of hydrogen-bond donors (Lipinski definition) is 2. The summed E-state index contributed by atoms with van der Waals surface area (Å²) in [5.41, 5.74) is 12.0. The Morgan fingerprint density at radius 3 is 2.79 bits per heavy atom. The highest BCUT2D eigenvalue weighted by Gasteiger charge is 2.19. The molecule has 0 aliphatic rings. The molecule has 0 saturated heterocycles. The summed E-state index contributed by atoms with van der Waals surface area (Å²) in [6.07, 6.45) is 1.59. The third-order valence-corrected chi connectivity index (χ3v) is 5.77. The summed E-state index contributed by atoms with van der Waals surface area (Å²) in [7, 11) is 1.89. The van der Waals surface area contributed by atoms with Crippen molar-refractivity contribution in [3.05, 3.63) is 83.7 Å². The number of rotatable bonds is 7. The molecule has 0 spiro atoms. The van der Waals surface area contributed by atoms with E-state index in [1.165, 1.54) is 0 Å². The van der Waals surface area contributed by atoms with Gasteiger partial charge >= 0.3 is 5.97 Å². The highest BCUT2D eigenvalue weighted by Crippen LogP contribution is 2.37. The number of carboxylic acid groups (broad SMARTS) is 1. The van der Waals surface area contributed by atoms with E-state index >= 15 is 0 Å². The molecule has 5 aromatic rings. The van der Waals surface area contributed by atoms with Crippen LogP contribution in [0.15, 0.2) is 71.3 Å². The van der Waals surface area contributed by atoms with Crippen molar-refractivity contribution in [1.29, 1.82) is 0 Å². The van der Waals surface area contributed by atoms with E-state index in [4.69, 9.17) is 20.0 Å². The lowest BCUT2D eigenvalue weighted by Gasteiger charge is -2.10. The summed E-state index contributed by atoms with van der Waals surface area (Å²) in [5.74, 6) is -0.361. The molecule has 2 heterocycles. The van der Waals surface area contributed by atoms with Crippen LogP contribution < -0.4 is 10.5 Å². The van der Waals surface area contributed by atoms with Crippen LogP contribution in [0, 0.1) is 0 Å². The number of furan rings is 1. The molecule has 7 nitrogen and oxygen atoms in total. The van der Waals surface area contributed by atoms with E-state index in [-0.39, 0.29) is 13.0 Å². The van der Waals surface area contributed by atoms with Crippen LogP contribution in [-0.2, 0) is 31.4 Å². The molecule has 0 fully saturated rings. The number of fused-ring (bicyclic) bond motifs is 3. The molecule has 2 aromatic heterocycles. The lowest BCUT2D eigenvalue weighted by atomic mass is 9.98. The largest absolute Gasteiger partial charge is 0.487 e. The van der Waals surface area contributed by atoms with Gasteiger partial charge in [-0.2, -0.15) is 5.10 Å². The number of benzene rings is 3. The average molecular weight is 441 g/mol. The number of nitrogens with zero attached hydrogens (tertiary/aromatic N) is 2. The summed E-state index contributed by atoms with van der Waals surface area (Å²) in [6.45, 7) is 0.665. The molecular formula is C26H23N3O4. The second-order valence-corrected chi connectivity index (χ2v) is 7.93. The smallest absolute Gasteiger partial charge is 0.307 e. The zero-order chi connectivity index (χ0) is 22.9. The predicted molar refractivity (Wildman–Crippen MR) is 126 cm³/mol. The molecule has 7 heteroatoms. The van der Waals surface area contributed by atoms with Gasteiger partial charge in [-0.05, 0) is 35.4 Å². The molecule has 0 amide bonds. The molecule has 0 aliphatic carbocycles. The molecule has 0 unspecified atom stereocenters. The normalized spacial score (nSPS) is 11.3. The SMILES string of the molecule is Cn1nc(COc2ccccc2CC(=O)O)c2cc(-c3cccc(CN)c3)c3occc3c21. The Morgan fingerprint density at radius 2 is 1.97 bits per heavy atom. The number of carboxylic acids is 1. The average Bonchev–Trinajstić information content (AvgIpc) is 3.42. The zero-order valence-corrected chi connectivity index (χ0v) is 18.1. The van der Waals surface area contributed by atoms with E-state index in [1.54, 1.807) is 24.5 Å². The minimum Gasteiger partial charge on any atom is -0.487 e. The first kappa shape index (κ1) is 20.8. The Morgan fingerprint density at radius 1 is 1.12 bits per heavy atom. The third kappa shape index (κ3) is 3.83. The number of aryl methyl sites for hydroxylation is 1. The highest BCUT2D eigenvalue weighted by atomic mass is 16.5. The fourth-order valence-electron chi connectivity index (χ4n) is 4.27. The van der Waals surface area contributed by atoms with Crippen LogP contribution in [0.4, 0.5) is 0 Å². The molecule has 5 rings (SSSR count). The molecular weight excluding hydrogens is 418 g/mol. The summed E-state index contributed by atoms with van der Waals surface area (Å²) in [5, 5.41) is 15.8. The van der Waals surface area contributed by atoms with Crippen LogP contribution in [-0.4, -0.2) is 20.9 Å². The molecule has 3 N–H and O–H groups in total. The van der Waals surface area contributed by atoms with Crippen LogP contribution in [0.25, 0.3) is 33.0 Å². The van der Waals surface area contributed by atoms with Crippen LogP contribution in [0.5, 0.6) is 5.75 Å². The van der Waals surface area contributed by atoms with Gasteiger partial charge < -0.3 is 20.0 Å². The maximum atomic E-state index is 11.2. The molecule has 0 atom stereocenters. The first-order chi connectivity index (χ1) is 16.0. The lowest BCUT2D eigenvalue weighted by molar-refractivity contribution is -0.136. The maximum Gasteiger partial charge on any atom is 0.307 e. The summed E-state index contributed by atoms with van der Waals surface area (Å²) in [6, 6.07) is 19.3. The van der Waals surface area contributed by atoms with Gasteiger partial charge in [-0.25, -0.2) is 0 Å². The van der Waals surface area contributed by atoms with Gasteiger partial charge in [-0.1, -0.05) is 36.4 Å². The fourth-order valence-corrected chi connectivity index (χ4v) is 4.27. The number of ether oxygens (including phenoxy) is 1. The van der Waals surface area contributed by atoms with Crippen molar-refractivity contribution < 1.29 is 19.1 Å². The molecule has 166 valence electrons. The van der Waals surface area contributed by atoms with Gasteiger partial charge in [-0.3, -0.25) is 9.48 Å². The standard InChI is InChI=1S/C26H23N3O4/c1-29-25-19-9-10-32-26(19)20(17-7-4-5-16(11-17)14-27)13-21(25)22(28-29)15-33-23-8-3-2-6-18(23)12-24(30)31/h2-11,13H,12,14-15,27H2,1H3,(H,30,31). The Balaban J connectivity index is 1.59. The van der Waals surface area contributed by atoms with Gasteiger partial charge in [0.15, 0.2) is 0 Å². The summed E-state index contributed by atoms with van der Waals surface area (Å²) < 4.78 is 13.7. The molecule has 0 radical (unpaired) electrons. The van der Waals surface area contributed by atoms with Crippen LogP contribution in [0.2, 0.25) is 0 Å². The van der Waals surface area contributed by atoms with Crippen molar-refractivity contribution in [3.8, 4) is 16.9 Å². The number of aliphatic carboxylic acids is 1. The van der Waals surface area contributed by atoms with Crippen molar-refractivity contribution in [2.75, 3.05) is 0 Å². The Bertz CT molecular complexity index is 1480. The summed E-state index contributed by atoms with van der Waals surface area (Å²) in [4.78, 5) is 11.2. The van der Waals surface area contributed by atoms with E-state index < -0.39 is 5.97 Å². The van der Waals surface area contributed by atoms with E-state index in [0.717, 1.165) is 44.3 Å². The van der Waals surface area contributed by atoms with Crippen molar-refractivity contribution in [2.45, 2.75) is 19.6 Å². The number of carbonyl (C=O) groups is 1. The topological polar surface area (TPSA) is 104 Å². The lowest BCUT2D eigenvalue weighted by Crippen LogP contribution is -2.04. The fraction of sp³-hybridized carbons (Fsp3) is 0.154.